The topological polar surface area (TPSA) is 67.4 Å². The Labute approximate surface area is 154 Å². The minimum Gasteiger partial charge on any atom is -0.497 e. The second-order valence-electron chi connectivity index (χ2n) is 7.10. The van der Waals surface area contributed by atoms with Crippen molar-refractivity contribution in [1.29, 1.82) is 0 Å². The quantitative estimate of drug-likeness (QED) is 0.810. The highest BCUT2D eigenvalue weighted by Crippen LogP contribution is 2.29. The lowest BCUT2D eigenvalue weighted by atomic mass is 9.86. The van der Waals surface area contributed by atoms with Crippen molar-refractivity contribution in [3.05, 3.63) is 59.7 Å². The fourth-order valence-electron chi connectivity index (χ4n) is 2.62. The van der Waals surface area contributed by atoms with Crippen LogP contribution in [0.1, 0.15) is 31.9 Å². The zero-order valence-electron chi connectivity index (χ0n) is 15.8. The molecule has 0 aliphatic rings. The summed E-state index contributed by atoms with van der Waals surface area (Å²) in [5, 5.41) is 5.37. The molecule has 138 valence electrons. The van der Waals surface area contributed by atoms with Crippen LogP contribution in [0.25, 0.3) is 0 Å². The number of nitrogens with one attached hydrogen (secondary N) is 2. The standard InChI is InChI=1S/C21H26N2O3/c1-21(2,3)17-7-5-6-8-18(17)23-20(25)19(24)22-14-13-15-9-11-16(26-4)12-10-15/h5-12H,13-14H2,1-4H3,(H,22,24)(H,23,25). The molecule has 26 heavy (non-hydrogen) atoms. The van der Waals surface area contributed by atoms with E-state index in [4.69, 9.17) is 4.74 Å². The Morgan fingerprint density at radius 3 is 2.23 bits per heavy atom. The van der Waals surface area contributed by atoms with Crippen molar-refractivity contribution in [2.75, 3.05) is 19.0 Å². The molecule has 0 aliphatic carbocycles. The lowest BCUT2D eigenvalue weighted by Gasteiger charge is -2.22. The molecule has 2 rings (SSSR count). The number of anilines is 1. The predicted octanol–water partition coefficient (Wildman–Crippen LogP) is 3.29. The van der Waals surface area contributed by atoms with Crippen LogP contribution in [0.2, 0.25) is 0 Å². The summed E-state index contributed by atoms with van der Waals surface area (Å²) in [7, 11) is 1.62. The van der Waals surface area contributed by atoms with E-state index < -0.39 is 11.8 Å². The van der Waals surface area contributed by atoms with Gasteiger partial charge in [-0.1, -0.05) is 51.1 Å². The molecule has 0 bridgehead atoms. The van der Waals surface area contributed by atoms with Crippen molar-refractivity contribution >= 4 is 17.5 Å². The van der Waals surface area contributed by atoms with Gasteiger partial charge in [0.1, 0.15) is 5.75 Å². The van der Waals surface area contributed by atoms with Gasteiger partial charge >= 0.3 is 11.8 Å². The number of ether oxygens (including phenoxy) is 1. The number of hydrogen-bond acceptors (Lipinski definition) is 3. The van der Waals surface area contributed by atoms with Crippen LogP contribution in [0.15, 0.2) is 48.5 Å². The zero-order valence-corrected chi connectivity index (χ0v) is 15.8. The monoisotopic (exact) mass is 354 g/mol. The summed E-state index contributed by atoms with van der Waals surface area (Å²) in [6, 6.07) is 15.1. The summed E-state index contributed by atoms with van der Waals surface area (Å²) < 4.78 is 5.11. The maximum Gasteiger partial charge on any atom is 0.313 e. The van der Waals surface area contributed by atoms with Gasteiger partial charge in [-0.15, -0.1) is 0 Å². The molecule has 0 fully saturated rings. The van der Waals surface area contributed by atoms with Gasteiger partial charge in [-0.3, -0.25) is 9.59 Å². The number of hydrogen-bond donors (Lipinski definition) is 2. The van der Waals surface area contributed by atoms with E-state index in [1.54, 1.807) is 7.11 Å². The van der Waals surface area contributed by atoms with Gasteiger partial charge in [-0.05, 0) is 41.2 Å². The highest BCUT2D eigenvalue weighted by Gasteiger charge is 2.20. The average molecular weight is 354 g/mol. The van der Waals surface area contributed by atoms with Gasteiger partial charge in [-0.25, -0.2) is 0 Å². The van der Waals surface area contributed by atoms with Crippen molar-refractivity contribution < 1.29 is 14.3 Å². The fraction of sp³-hybridized carbons (Fsp3) is 0.333. The van der Waals surface area contributed by atoms with Crippen LogP contribution in [0.3, 0.4) is 0 Å². The minimum absolute atomic E-state index is 0.130. The molecular weight excluding hydrogens is 328 g/mol. The van der Waals surface area contributed by atoms with Crippen molar-refractivity contribution in [3.8, 4) is 5.75 Å². The maximum atomic E-state index is 12.2. The van der Waals surface area contributed by atoms with E-state index in [1.807, 2.05) is 48.5 Å². The Morgan fingerprint density at radius 2 is 1.62 bits per heavy atom. The molecule has 5 nitrogen and oxygen atoms in total. The molecule has 2 N–H and O–H groups in total. The first-order chi connectivity index (χ1) is 12.3. The Morgan fingerprint density at radius 1 is 0.962 bits per heavy atom. The average Bonchev–Trinajstić information content (AvgIpc) is 2.61. The Balaban J connectivity index is 1.89. The fourth-order valence-corrected chi connectivity index (χ4v) is 2.62. The normalized spacial score (nSPS) is 10.9. The summed E-state index contributed by atoms with van der Waals surface area (Å²) in [5.74, 6) is -0.506. The molecule has 2 aromatic rings. The first-order valence-electron chi connectivity index (χ1n) is 8.63. The number of para-hydroxylation sites is 1. The van der Waals surface area contributed by atoms with E-state index in [2.05, 4.69) is 31.4 Å². The van der Waals surface area contributed by atoms with E-state index in [0.717, 1.165) is 16.9 Å². The van der Waals surface area contributed by atoms with Gasteiger partial charge in [0.25, 0.3) is 0 Å². The third-order valence-corrected chi connectivity index (χ3v) is 4.05. The smallest absolute Gasteiger partial charge is 0.313 e. The maximum absolute atomic E-state index is 12.2. The predicted molar refractivity (Wildman–Crippen MR) is 103 cm³/mol. The molecule has 0 saturated carbocycles. The molecule has 0 unspecified atom stereocenters. The van der Waals surface area contributed by atoms with Crippen molar-refractivity contribution in [2.45, 2.75) is 32.6 Å². The summed E-state index contributed by atoms with van der Waals surface area (Å²) in [4.78, 5) is 24.2. The van der Waals surface area contributed by atoms with E-state index in [9.17, 15) is 9.59 Å². The Bertz CT molecular complexity index is 762. The van der Waals surface area contributed by atoms with E-state index in [0.29, 0.717) is 18.7 Å². The lowest BCUT2D eigenvalue weighted by Crippen LogP contribution is -2.37. The van der Waals surface area contributed by atoms with Gasteiger partial charge in [-0.2, -0.15) is 0 Å². The number of benzene rings is 2. The molecule has 0 saturated heterocycles. The van der Waals surface area contributed by atoms with Crippen LogP contribution in [0.4, 0.5) is 5.69 Å². The number of rotatable bonds is 5. The van der Waals surface area contributed by atoms with Gasteiger partial charge in [0, 0.05) is 12.2 Å². The number of carbonyl (C=O) groups is 2. The molecule has 0 spiro atoms. The van der Waals surface area contributed by atoms with Crippen molar-refractivity contribution in [3.63, 3.8) is 0 Å². The molecule has 0 radical (unpaired) electrons. The molecular formula is C21H26N2O3. The highest BCUT2D eigenvalue weighted by atomic mass is 16.5. The number of methoxy groups -OCH3 is 1. The van der Waals surface area contributed by atoms with Crippen LogP contribution in [0.5, 0.6) is 5.75 Å². The lowest BCUT2D eigenvalue weighted by molar-refractivity contribution is -0.136. The molecule has 0 aromatic heterocycles. The highest BCUT2D eigenvalue weighted by molar-refractivity contribution is 6.39. The summed E-state index contributed by atoms with van der Waals surface area (Å²) in [5.41, 5.74) is 2.58. The Hall–Kier alpha value is -2.82. The van der Waals surface area contributed by atoms with E-state index in [-0.39, 0.29) is 5.41 Å². The summed E-state index contributed by atoms with van der Waals surface area (Å²) in [6.45, 7) is 6.58. The summed E-state index contributed by atoms with van der Waals surface area (Å²) >= 11 is 0. The third-order valence-electron chi connectivity index (χ3n) is 4.05. The van der Waals surface area contributed by atoms with Crippen molar-refractivity contribution in [1.82, 2.24) is 5.32 Å². The number of carbonyl (C=O) groups excluding carboxylic acids is 2. The van der Waals surface area contributed by atoms with E-state index >= 15 is 0 Å². The SMILES string of the molecule is COc1ccc(CCNC(=O)C(=O)Nc2ccccc2C(C)(C)C)cc1. The van der Waals surface area contributed by atoms with Crippen molar-refractivity contribution in [2.24, 2.45) is 0 Å². The molecule has 2 amide bonds. The molecule has 0 aliphatic heterocycles. The molecule has 5 heteroatoms. The zero-order chi connectivity index (χ0) is 19.2. The minimum atomic E-state index is -0.656. The second-order valence-corrected chi connectivity index (χ2v) is 7.10. The van der Waals surface area contributed by atoms with Crippen LogP contribution >= 0.6 is 0 Å². The van der Waals surface area contributed by atoms with E-state index in [1.165, 1.54) is 0 Å². The van der Waals surface area contributed by atoms with Gasteiger partial charge < -0.3 is 15.4 Å². The second kappa shape index (κ2) is 8.52. The van der Waals surface area contributed by atoms with Gasteiger partial charge in [0.2, 0.25) is 0 Å². The first kappa shape index (κ1) is 19.5. The van der Waals surface area contributed by atoms with Crippen LogP contribution in [0, 0.1) is 0 Å². The largest absolute Gasteiger partial charge is 0.497 e. The molecule has 2 aromatic carbocycles. The molecule has 0 heterocycles. The Kier molecular flexibility index (Phi) is 6.39. The van der Waals surface area contributed by atoms with Gasteiger partial charge in [0.05, 0.1) is 7.11 Å². The summed E-state index contributed by atoms with van der Waals surface area (Å²) in [6.07, 6.45) is 0.640. The molecule has 0 atom stereocenters. The third kappa shape index (κ3) is 5.34. The van der Waals surface area contributed by atoms with Crippen LogP contribution in [-0.4, -0.2) is 25.5 Å². The van der Waals surface area contributed by atoms with Gasteiger partial charge in [0.15, 0.2) is 0 Å². The first-order valence-corrected chi connectivity index (χ1v) is 8.63. The van der Waals surface area contributed by atoms with Crippen LogP contribution < -0.4 is 15.4 Å². The van der Waals surface area contributed by atoms with Crippen LogP contribution in [-0.2, 0) is 21.4 Å². The number of amides is 2.